The first kappa shape index (κ1) is 15.8. The lowest BCUT2D eigenvalue weighted by Crippen LogP contribution is -2.44. The predicted molar refractivity (Wildman–Crippen MR) is 89.6 cm³/mol. The molecule has 4 atom stereocenters. The number of hydrogen-bond acceptors (Lipinski definition) is 3. The zero-order valence-electron chi connectivity index (χ0n) is 14.1. The molecule has 0 aliphatic carbocycles. The van der Waals surface area contributed by atoms with Gasteiger partial charge >= 0.3 is 0 Å². The normalized spacial score (nSPS) is 39.1. The molecule has 0 spiro atoms. The van der Waals surface area contributed by atoms with Crippen LogP contribution in [0.15, 0.2) is 0 Å². The summed E-state index contributed by atoms with van der Waals surface area (Å²) in [6, 6.07) is 3.19. The lowest BCUT2D eigenvalue weighted by Gasteiger charge is -2.37. The fourth-order valence-electron chi connectivity index (χ4n) is 4.87. The maximum absolute atomic E-state index is 3.85. The molecule has 0 amide bonds. The van der Waals surface area contributed by atoms with Crippen molar-refractivity contribution in [3.63, 3.8) is 0 Å². The van der Waals surface area contributed by atoms with Crippen molar-refractivity contribution in [2.45, 2.75) is 88.9 Å². The van der Waals surface area contributed by atoms with Crippen LogP contribution in [0.2, 0.25) is 0 Å². The summed E-state index contributed by atoms with van der Waals surface area (Å²) in [4.78, 5) is 2.65. The van der Waals surface area contributed by atoms with E-state index in [2.05, 4.69) is 29.5 Å². The van der Waals surface area contributed by atoms with Crippen molar-refractivity contribution >= 4 is 0 Å². The number of nitrogens with zero attached hydrogens (tertiary/aromatic N) is 1. The first-order valence-corrected chi connectivity index (χ1v) is 9.41. The quantitative estimate of drug-likeness (QED) is 0.816. The van der Waals surface area contributed by atoms with Crippen molar-refractivity contribution in [1.29, 1.82) is 0 Å². The van der Waals surface area contributed by atoms with Gasteiger partial charge in [0.25, 0.3) is 0 Å². The molecular weight excluding hydrogens is 258 g/mol. The zero-order valence-corrected chi connectivity index (χ0v) is 14.1. The molecule has 3 rings (SSSR count). The monoisotopic (exact) mass is 293 g/mol. The van der Waals surface area contributed by atoms with Crippen LogP contribution < -0.4 is 10.6 Å². The Labute approximate surface area is 131 Å². The van der Waals surface area contributed by atoms with Crippen molar-refractivity contribution in [2.24, 2.45) is 5.92 Å². The SMILES string of the molecule is CC(CC1CCCCCN1)NCC1CC2CCC(C1)N2C. The molecule has 3 aliphatic rings. The smallest absolute Gasteiger partial charge is 0.00988 e. The van der Waals surface area contributed by atoms with E-state index in [0.29, 0.717) is 6.04 Å². The molecule has 0 radical (unpaired) electrons. The van der Waals surface area contributed by atoms with E-state index in [9.17, 15) is 0 Å². The van der Waals surface area contributed by atoms with E-state index in [4.69, 9.17) is 0 Å². The molecule has 3 heteroatoms. The maximum atomic E-state index is 3.85. The molecule has 21 heavy (non-hydrogen) atoms. The number of hydrogen-bond donors (Lipinski definition) is 2. The van der Waals surface area contributed by atoms with Crippen molar-refractivity contribution in [2.75, 3.05) is 20.1 Å². The summed E-state index contributed by atoms with van der Waals surface area (Å²) in [6.07, 6.45) is 12.6. The Morgan fingerprint density at radius 1 is 1.10 bits per heavy atom. The highest BCUT2D eigenvalue weighted by atomic mass is 15.2. The lowest BCUT2D eigenvalue weighted by atomic mass is 9.90. The average Bonchev–Trinajstić information content (AvgIpc) is 2.72. The van der Waals surface area contributed by atoms with Crippen LogP contribution in [0, 0.1) is 5.92 Å². The third kappa shape index (κ3) is 4.20. The van der Waals surface area contributed by atoms with Crippen molar-refractivity contribution in [1.82, 2.24) is 15.5 Å². The van der Waals surface area contributed by atoms with Gasteiger partial charge in [-0.2, -0.15) is 0 Å². The van der Waals surface area contributed by atoms with Gasteiger partial charge in [-0.3, -0.25) is 0 Å². The minimum atomic E-state index is 0.665. The Morgan fingerprint density at radius 3 is 2.62 bits per heavy atom. The van der Waals surface area contributed by atoms with Crippen LogP contribution in [0.25, 0.3) is 0 Å². The second-order valence-electron chi connectivity index (χ2n) is 7.93. The van der Waals surface area contributed by atoms with Gasteiger partial charge in [0, 0.05) is 24.2 Å². The van der Waals surface area contributed by atoms with Gasteiger partial charge in [0.05, 0.1) is 0 Å². The number of piperidine rings is 1. The Hall–Kier alpha value is -0.120. The minimum Gasteiger partial charge on any atom is -0.314 e. The molecule has 3 heterocycles. The molecule has 2 bridgehead atoms. The van der Waals surface area contributed by atoms with Crippen LogP contribution >= 0.6 is 0 Å². The molecule has 0 aromatic heterocycles. The molecule has 0 aromatic rings. The Kier molecular flexibility index (Phi) is 5.58. The highest BCUT2D eigenvalue weighted by Gasteiger charge is 2.38. The van der Waals surface area contributed by atoms with Crippen LogP contribution in [-0.4, -0.2) is 49.2 Å². The van der Waals surface area contributed by atoms with Crippen LogP contribution in [0.5, 0.6) is 0 Å². The van der Waals surface area contributed by atoms with Crippen molar-refractivity contribution in [3.05, 3.63) is 0 Å². The first-order valence-electron chi connectivity index (χ1n) is 9.41. The molecule has 4 unspecified atom stereocenters. The molecule has 0 aromatic carbocycles. The molecular formula is C18H35N3. The standard InChI is InChI=1S/C18H35N3/c1-14(10-16-6-4-3-5-9-19-16)20-13-15-11-17-7-8-18(12-15)21(17)2/h14-20H,3-13H2,1-2H3. The van der Waals surface area contributed by atoms with E-state index in [1.165, 1.54) is 70.9 Å². The molecule has 3 aliphatic heterocycles. The number of fused-ring (bicyclic) bond motifs is 2. The van der Waals surface area contributed by atoms with E-state index in [0.717, 1.165) is 24.0 Å². The zero-order chi connectivity index (χ0) is 14.7. The van der Waals surface area contributed by atoms with E-state index < -0.39 is 0 Å². The van der Waals surface area contributed by atoms with Gasteiger partial charge in [-0.25, -0.2) is 0 Å². The summed E-state index contributed by atoms with van der Waals surface area (Å²) in [5, 5.41) is 7.58. The van der Waals surface area contributed by atoms with E-state index in [1.54, 1.807) is 0 Å². The van der Waals surface area contributed by atoms with Gasteiger partial charge in [0.1, 0.15) is 0 Å². The van der Waals surface area contributed by atoms with Crippen LogP contribution in [0.4, 0.5) is 0 Å². The van der Waals surface area contributed by atoms with Crippen molar-refractivity contribution in [3.8, 4) is 0 Å². The van der Waals surface area contributed by atoms with Crippen LogP contribution in [0.3, 0.4) is 0 Å². The maximum Gasteiger partial charge on any atom is 0.00988 e. The van der Waals surface area contributed by atoms with Gasteiger partial charge < -0.3 is 15.5 Å². The van der Waals surface area contributed by atoms with Gasteiger partial charge in [0.2, 0.25) is 0 Å². The fourth-order valence-corrected chi connectivity index (χ4v) is 4.87. The number of rotatable bonds is 5. The van der Waals surface area contributed by atoms with Gasteiger partial charge in [-0.1, -0.05) is 12.8 Å². The molecule has 122 valence electrons. The molecule has 0 saturated carbocycles. The summed E-state index contributed by atoms with van der Waals surface area (Å²) in [5.41, 5.74) is 0. The van der Waals surface area contributed by atoms with Gasteiger partial charge in [-0.15, -0.1) is 0 Å². The Morgan fingerprint density at radius 2 is 1.86 bits per heavy atom. The molecule has 3 saturated heterocycles. The predicted octanol–water partition coefficient (Wildman–Crippen LogP) is 2.76. The highest BCUT2D eigenvalue weighted by Crippen LogP contribution is 2.37. The molecule has 3 fully saturated rings. The summed E-state index contributed by atoms with van der Waals surface area (Å²) in [7, 11) is 2.34. The third-order valence-electron chi connectivity index (χ3n) is 6.25. The second-order valence-corrected chi connectivity index (χ2v) is 7.93. The topological polar surface area (TPSA) is 27.3 Å². The molecule has 3 nitrogen and oxygen atoms in total. The second kappa shape index (κ2) is 7.43. The highest BCUT2D eigenvalue weighted by molar-refractivity contribution is 4.94. The Bertz CT molecular complexity index is 298. The fraction of sp³-hybridized carbons (Fsp3) is 1.00. The van der Waals surface area contributed by atoms with E-state index in [1.807, 2.05) is 0 Å². The average molecular weight is 293 g/mol. The summed E-state index contributed by atoms with van der Waals surface area (Å²) in [6.45, 7) is 4.86. The number of nitrogens with one attached hydrogen (secondary N) is 2. The Balaban J connectivity index is 1.37. The van der Waals surface area contributed by atoms with Gasteiger partial charge in [-0.05, 0) is 77.9 Å². The minimum absolute atomic E-state index is 0.665. The van der Waals surface area contributed by atoms with Crippen LogP contribution in [-0.2, 0) is 0 Å². The largest absolute Gasteiger partial charge is 0.314 e. The summed E-state index contributed by atoms with van der Waals surface area (Å²) >= 11 is 0. The lowest BCUT2D eigenvalue weighted by molar-refractivity contribution is 0.131. The van der Waals surface area contributed by atoms with Gasteiger partial charge in [0.15, 0.2) is 0 Å². The van der Waals surface area contributed by atoms with Crippen molar-refractivity contribution < 1.29 is 0 Å². The summed E-state index contributed by atoms with van der Waals surface area (Å²) < 4.78 is 0. The first-order chi connectivity index (χ1) is 10.2. The van der Waals surface area contributed by atoms with E-state index >= 15 is 0 Å². The summed E-state index contributed by atoms with van der Waals surface area (Å²) in [5.74, 6) is 0.920. The van der Waals surface area contributed by atoms with E-state index in [-0.39, 0.29) is 0 Å². The third-order valence-corrected chi connectivity index (χ3v) is 6.25. The van der Waals surface area contributed by atoms with Crippen LogP contribution in [0.1, 0.15) is 64.7 Å². The molecule has 2 N–H and O–H groups in total.